The highest BCUT2D eigenvalue weighted by Gasteiger charge is 2.11. The molecular weight excluding hydrogens is 367 g/mol. The number of benzene rings is 2. The van der Waals surface area contributed by atoms with E-state index in [1.807, 2.05) is 18.2 Å². The van der Waals surface area contributed by atoms with Gasteiger partial charge in [-0.2, -0.15) is 0 Å². The van der Waals surface area contributed by atoms with Gasteiger partial charge in [-0.15, -0.1) is 0 Å². The third kappa shape index (κ3) is 3.72. The Kier molecular flexibility index (Phi) is 5.00. The van der Waals surface area contributed by atoms with Crippen LogP contribution in [0, 0.1) is 3.57 Å². The summed E-state index contributed by atoms with van der Waals surface area (Å²) in [6, 6.07) is 13.3. The highest BCUT2D eigenvalue weighted by Crippen LogP contribution is 2.22. The number of hydrogen-bond acceptors (Lipinski definition) is 2. The van der Waals surface area contributed by atoms with E-state index in [9.17, 15) is 9.90 Å². The molecule has 1 N–H and O–H groups in total. The molecule has 20 heavy (non-hydrogen) atoms. The Labute approximate surface area is 131 Å². The summed E-state index contributed by atoms with van der Waals surface area (Å²) in [5.74, 6) is -0.572. The van der Waals surface area contributed by atoms with E-state index in [1.54, 1.807) is 12.1 Å². The summed E-state index contributed by atoms with van der Waals surface area (Å²) in [5.41, 5.74) is 2.49. The monoisotopic (exact) mass is 382 g/mol. The number of halogens is 1. The number of rotatable bonds is 5. The number of hydrogen-bond donors (Lipinski definition) is 1. The quantitative estimate of drug-likeness (QED) is 0.792. The Bertz CT molecular complexity index is 606. The Morgan fingerprint density at radius 2 is 1.80 bits per heavy atom. The van der Waals surface area contributed by atoms with E-state index in [-0.39, 0.29) is 5.56 Å². The minimum absolute atomic E-state index is 0.196. The molecule has 2 aromatic carbocycles. The highest BCUT2D eigenvalue weighted by molar-refractivity contribution is 14.1. The summed E-state index contributed by atoms with van der Waals surface area (Å²) in [5, 5.41) is 9.17. The second-order valence-corrected chi connectivity index (χ2v) is 5.65. The number of carbonyl (C=O) groups is 1. The summed E-state index contributed by atoms with van der Waals surface area (Å²) in [6.45, 7) is 2.47. The Morgan fingerprint density at radius 3 is 2.40 bits per heavy atom. The molecule has 0 fully saturated rings. The van der Waals surface area contributed by atoms with E-state index in [4.69, 9.17) is 4.74 Å². The van der Waals surface area contributed by atoms with Crippen molar-refractivity contribution >= 4 is 28.6 Å². The maximum atomic E-state index is 11.2. The molecule has 0 amide bonds. The summed E-state index contributed by atoms with van der Waals surface area (Å²) in [4.78, 5) is 11.2. The topological polar surface area (TPSA) is 46.5 Å². The molecule has 104 valence electrons. The van der Waals surface area contributed by atoms with E-state index in [2.05, 4.69) is 41.6 Å². The molecule has 0 atom stereocenters. The summed E-state index contributed by atoms with van der Waals surface area (Å²) in [6.07, 6.45) is 1.00. The largest absolute Gasteiger partial charge is 0.488 e. The number of aromatic carboxylic acids is 1. The molecule has 0 spiro atoms. The van der Waals surface area contributed by atoms with Crippen molar-refractivity contribution in [3.05, 3.63) is 62.7 Å². The van der Waals surface area contributed by atoms with Gasteiger partial charge in [-0.3, -0.25) is 0 Å². The first-order valence-electron chi connectivity index (χ1n) is 6.33. The van der Waals surface area contributed by atoms with Crippen molar-refractivity contribution in [1.82, 2.24) is 0 Å². The number of carboxylic acids is 1. The normalized spacial score (nSPS) is 10.3. The molecule has 0 saturated carbocycles. The standard InChI is InChI=1S/C16H15IO3/c1-2-11-3-5-12(6-4-11)10-20-15-8-7-13(17)9-14(15)16(18)19/h3-9H,2,10H2,1H3,(H,18,19). The average Bonchev–Trinajstić information content (AvgIpc) is 2.46. The zero-order valence-electron chi connectivity index (χ0n) is 11.1. The molecule has 2 rings (SSSR count). The fourth-order valence-electron chi connectivity index (χ4n) is 1.83. The summed E-state index contributed by atoms with van der Waals surface area (Å²) < 4.78 is 6.50. The SMILES string of the molecule is CCc1ccc(COc2ccc(I)cc2C(=O)O)cc1. The predicted molar refractivity (Wildman–Crippen MR) is 86.3 cm³/mol. The van der Waals surface area contributed by atoms with Gasteiger partial charge in [-0.05, 0) is 58.3 Å². The van der Waals surface area contributed by atoms with Gasteiger partial charge in [-0.1, -0.05) is 31.2 Å². The van der Waals surface area contributed by atoms with Crippen LogP contribution in [0.1, 0.15) is 28.4 Å². The van der Waals surface area contributed by atoms with Crippen molar-refractivity contribution < 1.29 is 14.6 Å². The van der Waals surface area contributed by atoms with Gasteiger partial charge in [0.05, 0.1) is 0 Å². The van der Waals surface area contributed by atoms with E-state index in [0.717, 1.165) is 15.6 Å². The molecule has 3 nitrogen and oxygen atoms in total. The molecule has 0 unspecified atom stereocenters. The fourth-order valence-corrected chi connectivity index (χ4v) is 2.32. The maximum absolute atomic E-state index is 11.2. The van der Waals surface area contributed by atoms with Crippen LogP contribution < -0.4 is 4.74 Å². The van der Waals surface area contributed by atoms with Crippen LogP contribution in [0.3, 0.4) is 0 Å². The molecule has 0 saturated heterocycles. The van der Waals surface area contributed by atoms with E-state index >= 15 is 0 Å². The molecule has 2 aromatic rings. The van der Waals surface area contributed by atoms with Crippen LogP contribution >= 0.6 is 22.6 Å². The van der Waals surface area contributed by atoms with Crippen molar-refractivity contribution in [3.63, 3.8) is 0 Å². The van der Waals surface area contributed by atoms with Crippen molar-refractivity contribution in [1.29, 1.82) is 0 Å². The van der Waals surface area contributed by atoms with Gasteiger partial charge >= 0.3 is 5.97 Å². The first kappa shape index (κ1) is 14.8. The Balaban J connectivity index is 2.12. The molecular formula is C16H15IO3. The summed E-state index contributed by atoms with van der Waals surface area (Å²) in [7, 11) is 0. The van der Waals surface area contributed by atoms with Crippen molar-refractivity contribution in [3.8, 4) is 5.75 Å². The smallest absolute Gasteiger partial charge is 0.339 e. The number of carboxylic acid groups (broad SMARTS) is 1. The molecule has 0 aliphatic rings. The van der Waals surface area contributed by atoms with Crippen LogP contribution in [0.4, 0.5) is 0 Å². The maximum Gasteiger partial charge on any atom is 0.339 e. The van der Waals surface area contributed by atoms with E-state index < -0.39 is 5.97 Å². The van der Waals surface area contributed by atoms with Crippen LogP contribution in [-0.4, -0.2) is 11.1 Å². The molecule has 0 bridgehead atoms. The zero-order chi connectivity index (χ0) is 14.5. The summed E-state index contributed by atoms with van der Waals surface area (Å²) >= 11 is 2.08. The highest BCUT2D eigenvalue weighted by atomic mass is 127. The third-order valence-corrected chi connectivity index (χ3v) is 3.67. The second kappa shape index (κ2) is 6.74. The first-order chi connectivity index (χ1) is 9.60. The van der Waals surface area contributed by atoms with Gasteiger partial charge in [0.2, 0.25) is 0 Å². The van der Waals surface area contributed by atoms with Crippen LogP contribution in [0.5, 0.6) is 5.75 Å². The van der Waals surface area contributed by atoms with E-state index in [0.29, 0.717) is 12.4 Å². The molecule has 0 aliphatic carbocycles. The molecule has 0 aliphatic heterocycles. The van der Waals surface area contributed by atoms with Gasteiger partial charge in [0.15, 0.2) is 0 Å². The lowest BCUT2D eigenvalue weighted by Crippen LogP contribution is -2.04. The zero-order valence-corrected chi connectivity index (χ0v) is 13.3. The van der Waals surface area contributed by atoms with Crippen molar-refractivity contribution in [2.75, 3.05) is 0 Å². The van der Waals surface area contributed by atoms with E-state index in [1.165, 1.54) is 5.56 Å². The lowest BCUT2D eigenvalue weighted by Gasteiger charge is -2.10. The van der Waals surface area contributed by atoms with Gasteiger partial charge in [0.1, 0.15) is 17.9 Å². The van der Waals surface area contributed by atoms with Gasteiger partial charge in [0, 0.05) is 3.57 Å². The predicted octanol–water partition coefficient (Wildman–Crippen LogP) is 4.13. The van der Waals surface area contributed by atoms with Crippen molar-refractivity contribution in [2.24, 2.45) is 0 Å². The Morgan fingerprint density at radius 1 is 1.15 bits per heavy atom. The molecule has 0 radical (unpaired) electrons. The van der Waals surface area contributed by atoms with Gasteiger partial charge < -0.3 is 9.84 Å². The molecule has 0 aromatic heterocycles. The van der Waals surface area contributed by atoms with Crippen LogP contribution in [0.15, 0.2) is 42.5 Å². The van der Waals surface area contributed by atoms with Crippen LogP contribution in [0.25, 0.3) is 0 Å². The molecule has 0 heterocycles. The fraction of sp³-hybridized carbons (Fsp3) is 0.188. The van der Waals surface area contributed by atoms with Crippen LogP contribution in [0.2, 0.25) is 0 Å². The number of ether oxygens (including phenoxy) is 1. The van der Waals surface area contributed by atoms with Crippen molar-refractivity contribution in [2.45, 2.75) is 20.0 Å². The van der Waals surface area contributed by atoms with Gasteiger partial charge in [0.25, 0.3) is 0 Å². The third-order valence-electron chi connectivity index (χ3n) is 3.00. The van der Waals surface area contributed by atoms with Gasteiger partial charge in [-0.25, -0.2) is 4.79 Å². The lowest BCUT2D eigenvalue weighted by molar-refractivity contribution is 0.0691. The minimum atomic E-state index is -0.972. The lowest BCUT2D eigenvalue weighted by atomic mass is 10.1. The Hall–Kier alpha value is -1.56. The first-order valence-corrected chi connectivity index (χ1v) is 7.41. The average molecular weight is 382 g/mol. The molecule has 4 heteroatoms. The minimum Gasteiger partial charge on any atom is -0.488 e. The second-order valence-electron chi connectivity index (χ2n) is 4.40. The van der Waals surface area contributed by atoms with Crippen LogP contribution in [-0.2, 0) is 13.0 Å². The number of aryl methyl sites for hydroxylation is 1.